The van der Waals surface area contributed by atoms with Crippen molar-refractivity contribution in [1.29, 1.82) is 0 Å². The first-order chi connectivity index (χ1) is 9.88. The molecule has 0 heterocycles. The van der Waals surface area contributed by atoms with Gasteiger partial charge < -0.3 is 14.6 Å². The van der Waals surface area contributed by atoms with Crippen LogP contribution in [0.3, 0.4) is 0 Å². The maximum absolute atomic E-state index is 11.8. The first-order valence-corrected chi connectivity index (χ1v) is 6.49. The van der Waals surface area contributed by atoms with E-state index in [2.05, 4.69) is 0 Å². The number of benzene rings is 1. The predicted octanol–water partition coefficient (Wildman–Crippen LogP) is 3.51. The van der Waals surface area contributed by atoms with Crippen molar-refractivity contribution in [2.45, 2.75) is 25.4 Å². The topological polar surface area (TPSA) is 55.8 Å². The van der Waals surface area contributed by atoms with Crippen LogP contribution in [0.2, 0.25) is 0 Å². The molecule has 0 saturated heterocycles. The van der Waals surface area contributed by atoms with Gasteiger partial charge in [-0.15, -0.1) is 0 Å². The largest absolute Gasteiger partial charge is 0.493 e. The Balaban J connectivity index is 2.09. The van der Waals surface area contributed by atoms with E-state index in [0.29, 0.717) is 25.4 Å². The summed E-state index contributed by atoms with van der Waals surface area (Å²) in [7, 11) is 0. The maximum atomic E-state index is 11.8. The Labute approximate surface area is 120 Å². The summed E-state index contributed by atoms with van der Waals surface area (Å²) in [6.07, 6.45) is -4.51. The lowest BCUT2D eigenvalue weighted by Crippen LogP contribution is -2.10. The summed E-state index contributed by atoms with van der Waals surface area (Å²) in [5, 5.41) is 8.80. The molecule has 0 spiro atoms. The van der Waals surface area contributed by atoms with Crippen LogP contribution in [0.15, 0.2) is 24.3 Å². The molecule has 4 nitrogen and oxygen atoms in total. The minimum absolute atomic E-state index is 0.0506. The molecule has 0 bridgehead atoms. The van der Waals surface area contributed by atoms with Crippen molar-refractivity contribution in [3.63, 3.8) is 0 Å². The molecule has 1 aromatic rings. The standard InChI is InChI=1S/C14H17F3O4/c15-14(16,17)6-2-7-20-8-3-9-21-12-5-1-4-11(10-12)13(18)19/h1,4-5,10H,2-3,6-9H2,(H,18,19). The number of alkyl halides is 3. The molecule has 0 saturated carbocycles. The third kappa shape index (κ3) is 8.19. The van der Waals surface area contributed by atoms with Crippen molar-refractivity contribution in [2.24, 2.45) is 0 Å². The molecular formula is C14H17F3O4. The van der Waals surface area contributed by atoms with E-state index in [1.54, 1.807) is 12.1 Å². The first-order valence-electron chi connectivity index (χ1n) is 6.49. The molecule has 118 valence electrons. The second-order valence-corrected chi connectivity index (χ2v) is 4.37. The summed E-state index contributed by atoms with van der Waals surface area (Å²) < 4.78 is 45.9. The van der Waals surface area contributed by atoms with Crippen molar-refractivity contribution < 1.29 is 32.5 Å². The lowest BCUT2D eigenvalue weighted by atomic mass is 10.2. The summed E-state index contributed by atoms with van der Waals surface area (Å²) in [5.41, 5.74) is 0.135. The molecule has 0 aliphatic rings. The van der Waals surface area contributed by atoms with Crippen molar-refractivity contribution in [3.8, 4) is 5.75 Å². The summed E-state index contributed by atoms with van der Waals surface area (Å²) in [6, 6.07) is 6.08. The van der Waals surface area contributed by atoms with E-state index in [4.69, 9.17) is 14.6 Å². The normalized spacial score (nSPS) is 11.4. The molecule has 0 unspecified atom stereocenters. The van der Waals surface area contributed by atoms with Gasteiger partial charge in [0.1, 0.15) is 5.75 Å². The van der Waals surface area contributed by atoms with Crippen LogP contribution in [0.4, 0.5) is 13.2 Å². The van der Waals surface area contributed by atoms with Gasteiger partial charge in [0, 0.05) is 26.1 Å². The summed E-state index contributed by atoms with van der Waals surface area (Å²) in [6.45, 7) is 0.673. The fourth-order valence-corrected chi connectivity index (χ4v) is 1.55. The van der Waals surface area contributed by atoms with Gasteiger partial charge in [0.15, 0.2) is 0 Å². The number of carboxylic acids is 1. The Morgan fingerprint density at radius 1 is 1.14 bits per heavy atom. The van der Waals surface area contributed by atoms with E-state index < -0.39 is 18.6 Å². The van der Waals surface area contributed by atoms with Gasteiger partial charge in [-0.1, -0.05) is 6.07 Å². The van der Waals surface area contributed by atoms with Crippen molar-refractivity contribution in [3.05, 3.63) is 29.8 Å². The number of carboxylic acid groups (broad SMARTS) is 1. The minimum atomic E-state index is -4.14. The summed E-state index contributed by atoms with van der Waals surface area (Å²) in [5.74, 6) is -0.597. The maximum Gasteiger partial charge on any atom is 0.389 e. The highest BCUT2D eigenvalue weighted by Crippen LogP contribution is 2.21. The molecule has 0 aromatic heterocycles. The fraction of sp³-hybridized carbons (Fsp3) is 0.500. The van der Waals surface area contributed by atoms with Gasteiger partial charge >= 0.3 is 12.1 Å². The molecule has 0 aliphatic carbocycles. The van der Waals surface area contributed by atoms with E-state index in [1.807, 2.05) is 0 Å². The van der Waals surface area contributed by atoms with Crippen molar-refractivity contribution in [1.82, 2.24) is 0 Å². The monoisotopic (exact) mass is 306 g/mol. The van der Waals surface area contributed by atoms with Gasteiger partial charge in [0.05, 0.1) is 12.2 Å². The van der Waals surface area contributed by atoms with Crippen molar-refractivity contribution >= 4 is 5.97 Å². The van der Waals surface area contributed by atoms with Crippen molar-refractivity contribution in [2.75, 3.05) is 19.8 Å². The van der Waals surface area contributed by atoms with Gasteiger partial charge in [-0.2, -0.15) is 13.2 Å². The van der Waals surface area contributed by atoms with Crippen LogP contribution >= 0.6 is 0 Å². The van der Waals surface area contributed by atoms with Crippen LogP contribution in [-0.2, 0) is 4.74 Å². The highest BCUT2D eigenvalue weighted by Gasteiger charge is 2.25. The Hall–Kier alpha value is -1.76. The third-order valence-electron chi connectivity index (χ3n) is 2.53. The molecular weight excluding hydrogens is 289 g/mol. The SMILES string of the molecule is O=C(O)c1cccc(OCCCOCCCC(F)(F)F)c1. The Bertz CT molecular complexity index is 446. The van der Waals surface area contributed by atoms with Crippen LogP contribution in [0.5, 0.6) is 5.75 Å². The molecule has 1 aromatic carbocycles. The average Bonchev–Trinajstić information content (AvgIpc) is 2.41. The second-order valence-electron chi connectivity index (χ2n) is 4.37. The zero-order chi connectivity index (χ0) is 15.7. The molecule has 0 fully saturated rings. The van der Waals surface area contributed by atoms with E-state index in [9.17, 15) is 18.0 Å². The van der Waals surface area contributed by atoms with Gasteiger partial charge in [0.2, 0.25) is 0 Å². The number of ether oxygens (including phenoxy) is 2. The minimum Gasteiger partial charge on any atom is -0.493 e. The number of halogens is 3. The number of hydrogen-bond acceptors (Lipinski definition) is 3. The van der Waals surface area contributed by atoms with Crippen LogP contribution in [0.1, 0.15) is 29.6 Å². The van der Waals surface area contributed by atoms with Crippen LogP contribution < -0.4 is 4.74 Å². The zero-order valence-corrected chi connectivity index (χ0v) is 11.4. The lowest BCUT2D eigenvalue weighted by Gasteiger charge is -2.08. The summed E-state index contributed by atoms with van der Waals surface area (Å²) >= 11 is 0. The van der Waals surface area contributed by atoms with Gasteiger partial charge in [-0.3, -0.25) is 0 Å². The molecule has 0 amide bonds. The number of carbonyl (C=O) groups is 1. The molecule has 0 aliphatic heterocycles. The Morgan fingerprint density at radius 2 is 1.86 bits per heavy atom. The Kier molecular flexibility index (Phi) is 7.01. The lowest BCUT2D eigenvalue weighted by molar-refractivity contribution is -0.137. The average molecular weight is 306 g/mol. The van der Waals surface area contributed by atoms with Crippen LogP contribution in [0.25, 0.3) is 0 Å². The highest BCUT2D eigenvalue weighted by molar-refractivity contribution is 5.87. The predicted molar refractivity (Wildman–Crippen MR) is 69.6 cm³/mol. The van der Waals surface area contributed by atoms with Gasteiger partial charge in [-0.05, 0) is 24.6 Å². The first kappa shape index (κ1) is 17.3. The highest BCUT2D eigenvalue weighted by atomic mass is 19.4. The van der Waals surface area contributed by atoms with E-state index >= 15 is 0 Å². The summed E-state index contributed by atoms with van der Waals surface area (Å²) in [4.78, 5) is 10.7. The van der Waals surface area contributed by atoms with Gasteiger partial charge in [0.25, 0.3) is 0 Å². The van der Waals surface area contributed by atoms with Crippen LogP contribution in [-0.4, -0.2) is 37.1 Å². The molecule has 0 atom stereocenters. The number of aromatic carboxylic acids is 1. The molecule has 1 N–H and O–H groups in total. The Morgan fingerprint density at radius 3 is 2.52 bits per heavy atom. The molecule has 1 rings (SSSR count). The van der Waals surface area contributed by atoms with E-state index in [1.165, 1.54) is 12.1 Å². The molecule has 21 heavy (non-hydrogen) atoms. The fourth-order valence-electron chi connectivity index (χ4n) is 1.55. The zero-order valence-electron chi connectivity index (χ0n) is 11.4. The number of hydrogen-bond donors (Lipinski definition) is 1. The molecule has 7 heteroatoms. The van der Waals surface area contributed by atoms with E-state index in [-0.39, 0.29) is 18.6 Å². The van der Waals surface area contributed by atoms with Crippen LogP contribution in [0, 0.1) is 0 Å². The quantitative estimate of drug-likeness (QED) is 0.709. The molecule has 0 radical (unpaired) electrons. The second kappa shape index (κ2) is 8.51. The smallest absolute Gasteiger partial charge is 0.389 e. The van der Waals surface area contributed by atoms with Gasteiger partial charge in [-0.25, -0.2) is 4.79 Å². The third-order valence-corrected chi connectivity index (χ3v) is 2.53. The van der Waals surface area contributed by atoms with E-state index in [0.717, 1.165) is 0 Å². The number of rotatable bonds is 9.